The number of rotatable bonds is 11. The Hall–Kier alpha value is 0.297. The molecule has 0 saturated heterocycles. The van der Waals surface area contributed by atoms with Gasteiger partial charge in [0, 0.05) is 0 Å². The second-order valence-electron chi connectivity index (χ2n) is 4.34. The van der Waals surface area contributed by atoms with Gasteiger partial charge in [0.05, 0.1) is 34.1 Å². The molecule has 0 aromatic heterocycles. The largest absolute Gasteiger partial charge is 0.750 e. The highest BCUT2D eigenvalue weighted by molar-refractivity contribution is 7.83. The monoisotopic (exact) mass is 435 g/mol. The van der Waals surface area contributed by atoms with Crippen molar-refractivity contribution < 1.29 is 55.3 Å². The summed E-state index contributed by atoms with van der Waals surface area (Å²) < 4.78 is 106. The van der Waals surface area contributed by atoms with Crippen molar-refractivity contribution in [3.05, 3.63) is 0 Å². The molecule has 0 rings (SSSR count). The molecule has 13 nitrogen and oxygen atoms in total. The van der Waals surface area contributed by atoms with Crippen LogP contribution in [0.4, 0.5) is 0 Å². The third-order valence-electron chi connectivity index (χ3n) is 1.31. The Balaban J connectivity index is 5.41. The summed E-state index contributed by atoms with van der Waals surface area (Å²) in [6.07, 6.45) is -5.25. The van der Waals surface area contributed by atoms with E-state index in [1.165, 1.54) is 19.6 Å². The third kappa shape index (κ3) is 12.3. The number of hydrogen-bond donors (Lipinski definition) is 0. The van der Waals surface area contributed by atoms with Crippen molar-refractivity contribution in [1.29, 1.82) is 0 Å². The number of hydrogen-bond acceptors (Lipinski definition) is 13. The van der Waals surface area contributed by atoms with Gasteiger partial charge in [0.2, 0.25) is 20.9 Å². The van der Waals surface area contributed by atoms with Crippen molar-refractivity contribution in [1.82, 2.24) is 0 Å². The summed E-state index contributed by atoms with van der Waals surface area (Å²) in [5, 5.41) is 0. The van der Waals surface area contributed by atoms with Crippen LogP contribution in [0.2, 0.25) is 19.6 Å². The minimum Gasteiger partial charge on any atom is -0.750 e. The topological polar surface area (TPSA) is 201 Å². The summed E-state index contributed by atoms with van der Waals surface area (Å²) in [5.41, 5.74) is 0. The van der Waals surface area contributed by atoms with E-state index in [0.717, 1.165) is 0 Å². The molecule has 0 aliphatic heterocycles. The van der Waals surface area contributed by atoms with E-state index in [4.69, 9.17) is 0 Å². The minimum absolute atomic E-state index is 1.43. The van der Waals surface area contributed by atoms with Crippen LogP contribution in [0.25, 0.3) is 0 Å². The lowest BCUT2D eigenvalue weighted by molar-refractivity contribution is -0.150. The molecule has 4 unspecified atom stereocenters. The Morgan fingerprint density at radius 3 is 1.48 bits per heavy atom. The summed E-state index contributed by atoms with van der Waals surface area (Å²) in [4.78, 5) is 0. The molecule has 0 aromatic rings. The van der Waals surface area contributed by atoms with E-state index in [1.54, 1.807) is 0 Å². The zero-order valence-corrected chi connectivity index (χ0v) is 15.9. The normalized spacial score (nSPS) is 19.7. The smallest absolute Gasteiger partial charge is 0.392 e. The fourth-order valence-corrected chi connectivity index (χ4v) is 4.81. The van der Waals surface area contributed by atoms with Gasteiger partial charge < -0.3 is 13.7 Å². The van der Waals surface area contributed by atoms with E-state index < -0.39 is 65.4 Å². The lowest BCUT2D eigenvalue weighted by atomic mass is 10.6. The van der Waals surface area contributed by atoms with Crippen LogP contribution in [0.15, 0.2) is 0 Å². The van der Waals surface area contributed by atoms with Crippen LogP contribution in [0.1, 0.15) is 0 Å². The van der Waals surface area contributed by atoms with E-state index in [0.29, 0.717) is 0 Å². The van der Waals surface area contributed by atoms with Crippen LogP contribution < -0.4 is 0 Å². The zero-order valence-electron chi connectivity index (χ0n) is 11.6. The highest BCUT2D eigenvalue weighted by Crippen LogP contribution is 2.18. The second kappa shape index (κ2) is 9.70. The molecule has 4 atom stereocenters. The van der Waals surface area contributed by atoms with Crippen molar-refractivity contribution in [3.8, 4) is 0 Å². The fraction of sp³-hybridized carbons (Fsp3) is 1.00. The van der Waals surface area contributed by atoms with Gasteiger partial charge in [-0.15, -0.1) is 0 Å². The predicted molar refractivity (Wildman–Crippen MR) is 72.0 cm³/mol. The van der Waals surface area contributed by atoms with Gasteiger partial charge in [0.25, 0.3) is 0 Å². The van der Waals surface area contributed by atoms with Crippen molar-refractivity contribution in [2.24, 2.45) is 0 Å². The van der Waals surface area contributed by atoms with Crippen molar-refractivity contribution in [3.63, 3.8) is 0 Å². The average molecular weight is 435 g/mol. The molecular formula is C5H11O13S4Si-3. The van der Waals surface area contributed by atoms with E-state index in [-0.39, 0.29) is 0 Å². The first-order chi connectivity index (χ1) is 10.2. The quantitative estimate of drug-likeness (QED) is 0.200. The zero-order chi connectivity index (χ0) is 18.4. The Kier molecular flexibility index (Phi) is 9.82. The third-order valence-corrected chi connectivity index (χ3v) is 5.59. The Morgan fingerprint density at radius 1 is 0.826 bits per heavy atom. The minimum atomic E-state index is -4.90. The molecule has 23 heavy (non-hydrogen) atoms. The van der Waals surface area contributed by atoms with Crippen LogP contribution in [0.3, 0.4) is 0 Å². The summed E-state index contributed by atoms with van der Waals surface area (Å²) >= 11 is -10.3. The molecule has 0 spiro atoms. The van der Waals surface area contributed by atoms with Gasteiger partial charge in [0.15, 0.2) is 0 Å². The lowest BCUT2D eigenvalue weighted by Crippen LogP contribution is -2.41. The maximum absolute atomic E-state index is 11.6. The summed E-state index contributed by atoms with van der Waals surface area (Å²) in [7, 11) is -7.65. The van der Waals surface area contributed by atoms with Gasteiger partial charge >= 0.3 is 10.4 Å². The van der Waals surface area contributed by atoms with Gasteiger partial charge in [-0.25, -0.2) is 16.8 Å². The van der Waals surface area contributed by atoms with Crippen molar-refractivity contribution in [2.45, 2.75) is 32.2 Å². The molecule has 0 fully saturated rings. The first kappa shape index (κ1) is 23.3. The molecule has 0 amide bonds. The maximum Gasteiger partial charge on any atom is 0.392 e. The molecule has 0 heterocycles. The fourth-order valence-electron chi connectivity index (χ4n) is 0.888. The molecule has 0 aromatic carbocycles. The van der Waals surface area contributed by atoms with Gasteiger partial charge in [0.1, 0.15) is 0 Å². The highest BCUT2D eigenvalue weighted by atomic mass is 32.3. The summed E-state index contributed by atoms with van der Waals surface area (Å²) in [6, 6.07) is 0. The SMILES string of the molecule is C[Si](C)(C)OS(=O)(=O)OC(OS(=O)[O-])C(OS(=O)[O-])OS(=O)[O-]. The van der Waals surface area contributed by atoms with Crippen LogP contribution >= 0.6 is 0 Å². The van der Waals surface area contributed by atoms with E-state index >= 15 is 0 Å². The molecule has 0 N–H and O–H groups in total. The van der Waals surface area contributed by atoms with E-state index in [9.17, 15) is 34.7 Å². The molecule has 0 bridgehead atoms. The van der Waals surface area contributed by atoms with E-state index in [1.807, 2.05) is 0 Å². The van der Waals surface area contributed by atoms with Crippen molar-refractivity contribution >= 4 is 52.8 Å². The van der Waals surface area contributed by atoms with Gasteiger partial charge in [-0.05, 0) is 19.6 Å². The first-order valence-electron chi connectivity index (χ1n) is 5.15. The molecule has 0 aliphatic carbocycles. The second-order valence-corrected chi connectivity index (χ2v) is 12.0. The molecule has 0 saturated carbocycles. The van der Waals surface area contributed by atoms with Crippen LogP contribution in [0.5, 0.6) is 0 Å². The average Bonchev–Trinajstić information content (AvgIpc) is 2.20. The highest BCUT2D eigenvalue weighted by Gasteiger charge is 2.35. The standard InChI is InChI=1S/C5H14O13S4Si/c1-23(2,3)18-22(12,13)17-5(16-21(10)11)4(14-19(6)7)15-20(8)9/h4-5H,1-3H3,(H,6,7)(H,8,9)(H,10,11)/p-3. The van der Waals surface area contributed by atoms with Crippen LogP contribution in [-0.2, 0) is 65.1 Å². The van der Waals surface area contributed by atoms with E-state index in [2.05, 4.69) is 20.6 Å². The molecular weight excluding hydrogens is 424 g/mol. The molecule has 140 valence electrons. The van der Waals surface area contributed by atoms with Crippen LogP contribution in [0, 0.1) is 0 Å². The summed E-state index contributed by atoms with van der Waals surface area (Å²) in [6.45, 7) is 4.29. The lowest BCUT2D eigenvalue weighted by Gasteiger charge is -2.27. The molecule has 0 aliphatic rings. The maximum atomic E-state index is 11.6. The van der Waals surface area contributed by atoms with Gasteiger partial charge in [-0.1, -0.05) is 0 Å². The first-order valence-corrected chi connectivity index (χ1v) is 12.9. The predicted octanol–water partition coefficient (Wildman–Crippen LogP) is -1.82. The Morgan fingerprint density at radius 2 is 1.17 bits per heavy atom. The van der Waals surface area contributed by atoms with Crippen LogP contribution in [-0.4, -0.2) is 55.6 Å². The Bertz CT molecular complexity index is 537. The van der Waals surface area contributed by atoms with Crippen molar-refractivity contribution in [2.75, 3.05) is 0 Å². The van der Waals surface area contributed by atoms with Gasteiger partial charge in [-0.2, -0.15) is 8.42 Å². The Labute approximate surface area is 140 Å². The summed E-state index contributed by atoms with van der Waals surface area (Å²) in [5.74, 6) is 0. The molecule has 0 radical (unpaired) electrons. The van der Waals surface area contributed by atoms with Gasteiger partial charge in [-0.3, -0.25) is 16.4 Å². The molecule has 18 heteroatoms.